The Bertz CT molecular complexity index is 971. The molecule has 1 aromatic rings. The molecule has 0 aromatic carbocycles. The number of hydrogen-bond donors (Lipinski definition) is 1. The minimum absolute atomic E-state index is 0.00339. The van der Waals surface area contributed by atoms with Crippen molar-refractivity contribution in [2.75, 3.05) is 13.2 Å². The van der Waals surface area contributed by atoms with Crippen LogP contribution in [0.25, 0.3) is 6.08 Å². The first-order valence-electron chi connectivity index (χ1n) is 13.0. The number of furan rings is 1. The van der Waals surface area contributed by atoms with Crippen LogP contribution in [-0.4, -0.2) is 41.1 Å². The molecule has 6 nitrogen and oxygen atoms in total. The Morgan fingerprint density at radius 3 is 2.59 bits per heavy atom. The predicted octanol–water partition coefficient (Wildman–Crippen LogP) is 5.12. The molecular formula is C28H39NO5. The van der Waals surface area contributed by atoms with Crippen molar-refractivity contribution in [3.63, 3.8) is 0 Å². The van der Waals surface area contributed by atoms with Crippen LogP contribution in [0, 0.1) is 23.7 Å². The zero-order valence-electron chi connectivity index (χ0n) is 21.0. The number of carbonyl (C=O) groups is 2. The molecule has 2 aliphatic heterocycles. The van der Waals surface area contributed by atoms with E-state index in [1.807, 2.05) is 13.0 Å². The topological polar surface area (TPSA) is 80.0 Å². The Morgan fingerprint density at radius 2 is 1.94 bits per heavy atom. The maximum Gasteiger partial charge on any atom is 0.233 e. The summed E-state index contributed by atoms with van der Waals surface area (Å²) in [7, 11) is 0. The van der Waals surface area contributed by atoms with E-state index < -0.39 is 0 Å². The van der Waals surface area contributed by atoms with E-state index in [0.29, 0.717) is 31.3 Å². The lowest BCUT2D eigenvalue weighted by Gasteiger charge is -2.33. The van der Waals surface area contributed by atoms with Crippen molar-refractivity contribution in [3.05, 3.63) is 40.4 Å². The van der Waals surface area contributed by atoms with Gasteiger partial charge in [0, 0.05) is 12.5 Å². The summed E-state index contributed by atoms with van der Waals surface area (Å²) in [4.78, 5) is 27.8. The molecule has 186 valence electrons. The van der Waals surface area contributed by atoms with Gasteiger partial charge in [-0.2, -0.15) is 0 Å². The zero-order valence-corrected chi connectivity index (χ0v) is 21.0. The third-order valence-corrected chi connectivity index (χ3v) is 7.66. The number of allylic oxidation sites excluding steroid dienone is 2. The number of aliphatic hydroxyl groups is 1. The van der Waals surface area contributed by atoms with E-state index in [1.54, 1.807) is 6.07 Å². The van der Waals surface area contributed by atoms with Crippen molar-refractivity contribution in [2.24, 2.45) is 23.7 Å². The molecule has 2 amide bonds. The fraction of sp³-hybridized carbons (Fsp3) is 0.643. The largest absolute Gasteiger partial charge is 0.459 e. The minimum Gasteiger partial charge on any atom is -0.459 e. The Hall–Kier alpha value is -2.18. The number of aliphatic hydroxyl groups excluding tert-OH is 1. The summed E-state index contributed by atoms with van der Waals surface area (Å²) < 4.78 is 12.0. The molecule has 1 aliphatic carbocycles. The zero-order chi connectivity index (χ0) is 24.4. The highest BCUT2D eigenvalue weighted by molar-refractivity contribution is 6.05. The van der Waals surface area contributed by atoms with Gasteiger partial charge in [-0.05, 0) is 61.8 Å². The van der Waals surface area contributed by atoms with Gasteiger partial charge in [0.2, 0.25) is 11.8 Å². The van der Waals surface area contributed by atoms with E-state index in [0.717, 1.165) is 37.9 Å². The van der Waals surface area contributed by atoms with Gasteiger partial charge < -0.3 is 14.3 Å². The molecule has 0 unspecified atom stereocenters. The highest BCUT2D eigenvalue weighted by atomic mass is 16.5. The molecule has 0 spiro atoms. The first kappa shape index (κ1) is 24.9. The van der Waals surface area contributed by atoms with E-state index in [1.165, 1.54) is 21.6 Å². The van der Waals surface area contributed by atoms with Gasteiger partial charge in [0.1, 0.15) is 18.1 Å². The molecule has 2 saturated heterocycles. The van der Waals surface area contributed by atoms with Crippen LogP contribution >= 0.6 is 0 Å². The predicted molar refractivity (Wildman–Crippen MR) is 130 cm³/mol. The fourth-order valence-electron chi connectivity index (χ4n) is 6.13. The summed E-state index contributed by atoms with van der Waals surface area (Å²) in [5, 5.41) is 9.28. The molecular weight excluding hydrogens is 430 g/mol. The number of ether oxygens (including phenoxy) is 1. The average molecular weight is 470 g/mol. The van der Waals surface area contributed by atoms with Crippen LogP contribution in [0.4, 0.5) is 0 Å². The van der Waals surface area contributed by atoms with E-state index >= 15 is 0 Å². The van der Waals surface area contributed by atoms with Crippen molar-refractivity contribution in [2.45, 2.75) is 78.9 Å². The van der Waals surface area contributed by atoms with Crippen molar-refractivity contribution in [3.8, 4) is 0 Å². The molecule has 6 heteroatoms. The molecule has 34 heavy (non-hydrogen) atoms. The monoisotopic (exact) mass is 469 g/mol. The minimum atomic E-state index is -0.257. The number of fused-ring (bicyclic) bond motifs is 3. The summed E-state index contributed by atoms with van der Waals surface area (Å²) in [6.07, 6.45) is 7.33. The van der Waals surface area contributed by atoms with Crippen molar-refractivity contribution in [1.29, 1.82) is 0 Å². The Labute approximate surface area is 203 Å². The summed E-state index contributed by atoms with van der Waals surface area (Å²) in [5.41, 5.74) is 3.93. The van der Waals surface area contributed by atoms with Crippen LogP contribution in [0.2, 0.25) is 0 Å². The summed E-state index contributed by atoms with van der Waals surface area (Å²) in [6, 6.07) is 3.70. The molecule has 0 bridgehead atoms. The van der Waals surface area contributed by atoms with E-state index in [-0.39, 0.29) is 42.3 Å². The number of amides is 2. The van der Waals surface area contributed by atoms with Crippen LogP contribution in [0.15, 0.2) is 33.3 Å². The van der Waals surface area contributed by atoms with Crippen LogP contribution in [0.1, 0.15) is 77.7 Å². The maximum absolute atomic E-state index is 13.2. The van der Waals surface area contributed by atoms with Gasteiger partial charge in [0.15, 0.2) is 0 Å². The number of likely N-dealkylation sites (tertiary alicyclic amines) is 1. The Morgan fingerprint density at radius 1 is 1.15 bits per heavy atom. The van der Waals surface area contributed by atoms with Gasteiger partial charge in [-0.15, -0.1) is 0 Å². The molecule has 3 heterocycles. The smallest absolute Gasteiger partial charge is 0.233 e. The number of carbonyl (C=O) groups excluding carboxylic acids is 2. The van der Waals surface area contributed by atoms with Gasteiger partial charge in [-0.1, -0.05) is 45.3 Å². The number of hydrogen-bond acceptors (Lipinski definition) is 5. The summed E-state index contributed by atoms with van der Waals surface area (Å²) in [6.45, 7) is 9.51. The van der Waals surface area contributed by atoms with Gasteiger partial charge >= 0.3 is 0 Å². The highest BCUT2D eigenvalue weighted by Crippen LogP contribution is 2.51. The number of imide groups is 1. The second kappa shape index (κ2) is 10.6. The molecule has 1 N–H and O–H groups in total. The van der Waals surface area contributed by atoms with Crippen molar-refractivity contribution >= 4 is 17.9 Å². The number of rotatable bonds is 10. The van der Waals surface area contributed by atoms with Crippen molar-refractivity contribution in [1.82, 2.24) is 4.90 Å². The molecule has 2 fully saturated rings. The molecule has 4 rings (SSSR count). The molecule has 1 aromatic heterocycles. The SMILES string of the molecule is CCC/C(=C\c1ccc(CO)o1)CC[C@H]1OC[C@H]2C1=C(C(C)C)C[C@H]1C(=O)N(CCC)C(=O)[C@H]12. The lowest BCUT2D eigenvalue weighted by molar-refractivity contribution is -0.140. The van der Waals surface area contributed by atoms with Crippen LogP contribution in [0.3, 0.4) is 0 Å². The van der Waals surface area contributed by atoms with Crippen LogP contribution < -0.4 is 0 Å². The normalized spacial score (nSPS) is 27.2. The van der Waals surface area contributed by atoms with Gasteiger partial charge in [0.05, 0.1) is 24.5 Å². The third kappa shape index (κ3) is 4.67. The third-order valence-electron chi connectivity index (χ3n) is 7.66. The quantitative estimate of drug-likeness (QED) is 0.380. The van der Waals surface area contributed by atoms with Crippen LogP contribution in [0.5, 0.6) is 0 Å². The van der Waals surface area contributed by atoms with E-state index in [9.17, 15) is 14.7 Å². The standard InChI is InChI=1S/C28H39NO5/c1-5-7-18(13-19-9-10-20(15-30)34-19)8-11-24-25-21(17(3)4)14-22-26(23(25)16-33-24)28(32)29(12-6-2)27(22)31/h9-10,13,17,22-24,26,30H,5-8,11-12,14-16H2,1-4H3/b18-13+/t22-,23+,24-,26-/m1/s1. The van der Waals surface area contributed by atoms with Gasteiger partial charge in [0.25, 0.3) is 0 Å². The van der Waals surface area contributed by atoms with E-state index in [2.05, 4.69) is 26.8 Å². The van der Waals surface area contributed by atoms with Gasteiger partial charge in [-0.3, -0.25) is 14.5 Å². The molecule has 4 atom stereocenters. The highest BCUT2D eigenvalue weighted by Gasteiger charge is 2.56. The van der Waals surface area contributed by atoms with Crippen LogP contribution in [-0.2, 0) is 20.9 Å². The molecule has 0 radical (unpaired) electrons. The first-order chi connectivity index (χ1) is 16.4. The first-order valence-corrected chi connectivity index (χ1v) is 13.0. The average Bonchev–Trinajstić information content (AvgIpc) is 3.51. The van der Waals surface area contributed by atoms with Gasteiger partial charge in [-0.25, -0.2) is 0 Å². The maximum atomic E-state index is 13.2. The second-order valence-electron chi connectivity index (χ2n) is 10.3. The van der Waals surface area contributed by atoms with E-state index in [4.69, 9.17) is 9.15 Å². The Balaban J connectivity index is 1.55. The fourth-order valence-corrected chi connectivity index (χ4v) is 6.13. The molecule has 3 aliphatic rings. The Kier molecular flexibility index (Phi) is 7.78. The lowest BCUT2D eigenvalue weighted by Crippen LogP contribution is -2.35. The van der Waals surface area contributed by atoms with Crippen molar-refractivity contribution < 1.29 is 23.8 Å². The number of nitrogens with zero attached hydrogens (tertiary/aromatic N) is 1. The summed E-state index contributed by atoms with van der Waals surface area (Å²) in [5.74, 6) is 1.25. The summed E-state index contributed by atoms with van der Waals surface area (Å²) >= 11 is 0. The molecule has 0 saturated carbocycles. The second-order valence-corrected chi connectivity index (χ2v) is 10.3. The lowest BCUT2D eigenvalue weighted by atomic mass is 9.67.